The van der Waals surface area contributed by atoms with Crippen molar-refractivity contribution in [1.82, 2.24) is 0 Å². The molecular weight excluding hydrogens is 245 g/mol. The molecular formula is C6H14NO8P. The summed E-state index contributed by atoms with van der Waals surface area (Å²) >= 11 is 0. The van der Waals surface area contributed by atoms with Crippen molar-refractivity contribution >= 4 is 7.60 Å². The molecule has 1 rings (SSSR count). The first-order valence-electron chi connectivity index (χ1n) is 4.34. The molecule has 0 aliphatic carbocycles. The van der Waals surface area contributed by atoms with Crippen molar-refractivity contribution in [2.24, 2.45) is 5.73 Å². The van der Waals surface area contributed by atoms with E-state index in [-0.39, 0.29) is 0 Å². The van der Waals surface area contributed by atoms with Crippen LogP contribution in [0.5, 0.6) is 0 Å². The summed E-state index contributed by atoms with van der Waals surface area (Å²) in [5.74, 6) is -2.35. The molecule has 0 aromatic rings. The third-order valence-electron chi connectivity index (χ3n) is 2.35. The first-order valence-corrected chi connectivity index (χ1v) is 6.03. The Morgan fingerprint density at radius 3 is 2.12 bits per heavy atom. The van der Waals surface area contributed by atoms with Crippen molar-refractivity contribution in [3.63, 3.8) is 0 Å². The van der Waals surface area contributed by atoms with Gasteiger partial charge in [-0.1, -0.05) is 0 Å². The van der Waals surface area contributed by atoms with Gasteiger partial charge in [0.05, 0.1) is 6.04 Å². The van der Waals surface area contributed by atoms with Crippen molar-refractivity contribution in [3.8, 4) is 0 Å². The highest BCUT2D eigenvalue weighted by atomic mass is 31.2. The summed E-state index contributed by atoms with van der Waals surface area (Å²) in [6.45, 7) is 0. The van der Waals surface area contributed by atoms with Crippen LogP contribution in [0.2, 0.25) is 0 Å². The van der Waals surface area contributed by atoms with Crippen molar-refractivity contribution in [2.75, 3.05) is 0 Å². The zero-order chi connectivity index (χ0) is 12.7. The fourth-order valence-electron chi connectivity index (χ4n) is 1.36. The fraction of sp³-hybridized carbons (Fsp3) is 1.00. The van der Waals surface area contributed by atoms with E-state index in [0.29, 0.717) is 0 Å². The Kier molecular flexibility index (Phi) is 4.06. The second-order valence-corrected chi connectivity index (χ2v) is 5.26. The number of hydrogen-bond acceptors (Lipinski definition) is 7. The van der Waals surface area contributed by atoms with Crippen LogP contribution in [0, 0.1) is 0 Å². The monoisotopic (exact) mass is 259 g/mol. The Hall–Kier alpha value is -0.0900. The summed E-state index contributed by atoms with van der Waals surface area (Å²) in [5.41, 5.74) is 5.22. The predicted octanol–water partition coefficient (Wildman–Crippen LogP) is -3.75. The molecule has 1 fully saturated rings. The summed E-state index contributed by atoms with van der Waals surface area (Å²) in [6, 6.07) is -1.32. The Labute approximate surface area is 90.2 Å². The van der Waals surface area contributed by atoms with Crippen LogP contribution < -0.4 is 5.73 Å². The predicted molar refractivity (Wildman–Crippen MR) is 48.9 cm³/mol. The van der Waals surface area contributed by atoms with E-state index in [1.54, 1.807) is 0 Å². The number of nitrogens with two attached hydrogens (primary N) is 1. The molecule has 0 aromatic heterocycles. The maximum absolute atomic E-state index is 10.7. The van der Waals surface area contributed by atoms with E-state index < -0.39 is 44.1 Å². The van der Waals surface area contributed by atoms with Crippen LogP contribution in [0.25, 0.3) is 0 Å². The van der Waals surface area contributed by atoms with Crippen LogP contribution in [0.4, 0.5) is 0 Å². The van der Waals surface area contributed by atoms with Crippen molar-refractivity contribution in [3.05, 3.63) is 0 Å². The second-order valence-electron chi connectivity index (χ2n) is 3.55. The van der Waals surface area contributed by atoms with Gasteiger partial charge in [0.25, 0.3) is 0 Å². The van der Waals surface area contributed by atoms with Crippen LogP contribution >= 0.6 is 7.60 Å². The van der Waals surface area contributed by atoms with Crippen molar-refractivity contribution in [1.29, 1.82) is 0 Å². The number of aliphatic hydroxyl groups excluding tert-OH is 4. The van der Waals surface area contributed by atoms with Gasteiger partial charge in [-0.05, 0) is 0 Å². The maximum Gasteiger partial charge on any atom is 0.356 e. The van der Waals surface area contributed by atoms with Gasteiger partial charge in [0.15, 0.2) is 12.1 Å². The SMILES string of the molecule is N[C@H]1C(O)O[C@H]([C@H](O)P(=O)(O)O)[C@@H](O)[C@@H]1O. The maximum atomic E-state index is 10.7. The summed E-state index contributed by atoms with van der Waals surface area (Å²) in [7, 11) is -4.93. The number of hydrogen-bond donors (Lipinski definition) is 7. The average molecular weight is 259 g/mol. The molecule has 0 radical (unpaired) electrons. The smallest absolute Gasteiger partial charge is 0.356 e. The van der Waals surface area contributed by atoms with Crippen molar-refractivity contribution < 1.29 is 39.5 Å². The molecule has 0 spiro atoms. The normalized spacial score (nSPS) is 43.1. The van der Waals surface area contributed by atoms with Crippen LogP contribution in [0.15, 0.2) is 0 Å². The van der Waals surface area contributed by atoms with Gasteiger partial charge in [-0.3, -0.25) is 4.57 Å². The molecule has 1 unspecified atom stereocenters. The standard InChI is InChI=1S/C6H14NO8P/c7-1-2(8)3(9)4(15-5(1)10)6(11)16(12,13)14/h1-6,8-11H,7H2,(H2,12,13,14)/t1-,2-,3+,4+,5?,6-/m1/s1. The molecule has 10 heteroatoms. The fourth-order valence-corrected chi connectivity index (χ4v) is 1.99. The Morgan fingerprint density at radius 2 is 1.69 bits per heavy atom. The Morgan fingerprint density at radius 1 is 1.19 bits per heavy atom. The topological polar surface area (TPSA) is 174 Å². The molecule has 8 N–H and O–H groups in total. The average Bonchev–Trinajstić information content (AvgIpc) is 2.18. The summed E-state index contributed by atoms with van der Waals surface area (Å²) in [6.07, 6.45) is -7.01. The molecule has 0 saturated carbocycles. The first-order chi connectivity index (χ1) is 7.16. The van der Waals surface area contributed by atoms with Gasteiger partial charge in [0.2, 0.25) is 0 Å². The van der Waals surface area contributed by atoms with E-state index in [2.05, 4.69) is 4.74 Å². The highest BCUT2D eigenvalue weighted by molar-refractivity contribution is 7.52. The zero-order valence-corrected chi connectivity index (χ0v) is 8.88. The molecule has 0 bridgehead atoms. The van der Waals surface area contributed by atoms with Gasteiger partial charge < -0.3 is 40.7 Å². The quantitative estimate of drug-likeness (QED) is 0.246. The second kappa shape index (κ2) is 4.65. The minimum Gasteiger partial charge on any atom is -0.388 e. The van der Waals surface area contributed by atoms with Gasteiger partial charge in [0, 0.05) is 0 Å². The summed E-state index contributed by atoms with van der Waals surface area (Å²) in [4.78, 5) is 17.3. The van der Waals surface area contributed by atoms with E-state index >= 15 is 0 Å². The third-order valence-corrected chi connectivity index (χ3v) is 3.33. The van der Waals surface area contributed by atoms with Crippen LogP contribution in [-0.4, -0.2) is 66.7 Å². The minimum atomic E-state index is -4.93. The highest BCUT2D eigenvalue weighted by Gasteiger charge is 2.49. The molecule has 1 aliphatic heterocycles. The van der Waals surface area contributed by atoms with Gasteiger partial charge in [-0.15, -0.1) is 0 Å². The molecule has 1 heterocycles. The van der Waals surface area contributed by atoms with Crippen LogP contribution in [0.3, 0.4) is 0 Å². The lowest BCUT2D eigenvalue weighted by Crippen LogP contribution is -2.63. The Bertz CT molecular complexity index is 294. The number of aliphatic hydroxyl groups is 4. The summed E-state index contributed by atoms with van der Waals surface area (Å²) in [5, 5.41) is 37.1. The van der Waals surface area contributed by atoms with Crippen molar-refractivity contribution in [2.45, 2.75) is 36.5 Å². The Balaban J connectivity index is 2.86. The van der Waals surface area contributed by atoms with Crippen LogP contribution in [-0.2, 0) is 9.30 Å². The lowest BCUT2D eigenvalue weighted by atomic mass is 9.98. The highest BCUT2D eigenvalue weighted by Crippen LogP contribution is 2.44. The van der Waals surface area contributed by atoms with E-state index in [1.807, 2.05) is 0 Å². The molecule has 0 aromatic carbocycles. The van der Waals surface area contributed by atoms with Gasteiger partial charge in [-0.25, -0.2) is 0 Å². The molecule has 1 aliphatic rings. The van der Waals surface area contributed by atoms with E-state index in [0.717, 1.165) is 0 Å². The van der Waals surface area contributed by atoms with E-state index in [1.165, 1.54) is 0 Å². The van der Waals surface area contributed by atoms with Gasteiger partial charge in [0.1, 0.15) is 18.3 Å². The van der Waals surface area contributed by atoms with Gasteiger partial charge >= 0.3 is 7.60 Å². The molecule has 9 nitrogen and oxygen atoms in total. The molecule has 1 saturated heterocycles. The number of rotatable bonds is 2. The van der Waals surface area contributed by atoms with Crippen LogP contribution in [0.1, 0.15) is 0 Å². The molecule has 6 atom stereocenters. The number of ether oxygens (including phenoxy) is 1. The van der Waals surface area contributed by atoms with E-state index in [4.69, 9.17) is 20.6 Å². The lowest BCUT2D eigenvalue weighted by Gasteiger charge is -2.40. The molecule has 0 amide bonds. The zero-order valence-electron chi connectivity index (χ0n) is 7.99. The molecule has 16 heavy (non-hydrogen) atoms. The lowest BCUT2D eigenvalue weighted by molar-refractivity contribution is -0.254. The minimum absolute atomic E-state index is 1.32. The summed E-state index contributed by atoms with van der Waals surface area (Å²) < 4.78 is 15.3. The largest absolute Gasteiger partial charge is 0.388 e. The van der Waals surface area contributed by atoms with E-state index in [9.17, 15) is 19.9 Å². The first kappa shape index (κ1) is 14.0. The third kappa shape index (κ3) is 2.59. The van der Waals surface area contributed by atoms with Gasteiger partial charge in [-0.2, -0.15) is 0 Å². The molecule has 96 valence electrons.